The molecule has 0 radical (unpaired) electrons. The summed E-state index contributed by atoms with van der Waals surface area (Å²) in [4.78, 5) is 39.0. The zero-order valence-electron chi connectivity index (χ0n) is 13.5. The molecule has 0 saturated heterocycles. The summed E-state index contributed by atoms with van der Waals surface area (Å²) in [6, 6.07) is 14.8. The smallest absolute Gasteiger partial charge is 0.322 e. The number of hydrogen-bond acceptors (Lipinski definition) is 5. The van der Waals surface area contributed by atoms with Gasteiger partial charge in [-0.3, -0.25) is 14.4 Å². The molecule has 0 fully saturated rings. The Hall–Kier alpha value is -3.74. The molecule has 0 bridgehead atoms. The van der Waals surface area contributed by atoms with Crippen molar-refractivity contribution >= 4 is 28.6 Å². The average Bonchev–Trinajstić information content (AvgIpc) is 2.65. The van der Waals surface area contributed by atoms with Gasteiger partial charge in [0, 0.05) is 16.5 Å². The standard InChI is InChI=1S/C19H14N2O5/c22-15-9-13-8-12(18(25)11-4-2-1-3-5-11)6-7-14(13)21-17(15)19(26)20-10-16(23)24/h1-9,22H,10H2,(H,20,26)(H,23,24). The number of pyridine rings is 1. The zero-order chi connectivity index (χ0) is 18.7. The number of nitrogens with one attached hydrogen (secondary N) is 1. The Labute approximate surface area is 147 Å². The molecule has 2 aromatic carbocycles. The SMILES string of the molecule is O=C(O)CNC(=O)c1nc2ccc(C(=O)c3ccccc3)cc2cc1O. The van der Waals surface area contributed by atoms with Crippen molar-refractivity contribution in [3.05, 3.63) is 71.4 Å². The monoisotopic (exact) mass is 350 g/mol. The highest BCUT2D eigenvalue weighted by molar-refractivity contribution is 6.10. The van der Waals surface area contributed by atoms with Gasteiger partial charge in [0.05, 0.1) is 5.52 Å². The summed E-state index contributed by atoms with van der Waals surface area (Å²) in [5.41, 5.74) is 1.08. The number of aromatic nitrogens is 1. The van der Waals surface area contributed by atoms with Crippen LogP contribution in [0.1, 0.15) is 26.4 Å². The lowest BCUT2D eigenvalue weighted by atomic mass is 10.0. The summed E-state index contributed by atoms with van der Waals surface area (Å²) in [5.74, 6) is -2.57. The highest BCUT2D eigenvalue weighted by Crippen LogP contribution is 2.24. The van der Waals surface area contributed by atoms with Crippen molar-refractivity contribution in [3.8, 4) is 5.75 Å². The van der Waals surface area contributed by atoms with Crippen LogP contribution in [0.25, 0.3) is 10.9 Å². The van der Waals surface area contributed by atoms with Crippen LogP contribution < -0.4 is 5.32 Å². The molecule has 1 amide bonds. The van der Waals surface area contributed by atoms with E-state index in [9.17, 15) is 19.5 Å². The van der Waals surface area contributed by atoms with Crippen molar-refractivity contribution in [2.45, 2.75) is 0 Å². The van der Waals surface area contributed by atoms with Crippen molar-refractivity contribution in [2.75, 3.05) is 6.54 Å². The highest BCUT2D eigenvalue weighted by atomic mass is 16.4. The van der Waals surface area contributed by atoms with E-state index >= 15 is 0 Å². The van der Waals surface area contributed by atoms with Crippen LogP contribution in [0, 0.1) is 0 Å². The number of amides is 1. The first-order chi connectivity index (χ1) is 12.5. The van der Waals surface area contributed by atoms with Gasteiger partial charge in [-0.2, -0.15) is 0 Å². The molecule has 0 aliphatic rings. The number of aliphatic carboxylic acids is 1. The molecule has 3 aromatic rings. The molecule has 0 aliphatic carbocycles. The Bertz CT molecular complexity index is 1020. The van der Waals surface area contributed by atoms with E-state index in [-0.39, 0.29) is 11.5 Å². The lowest BCUT2D eigenvalue weighted by Crippen LogP contribution is -2.29. The Balaban J connectivity index is 1.94. The Kier molecular flexibility index (Phi) is 4.62. The normalized spacial score (nSPS) is 10.5. The molecule has 0 spiro atoms. The number of fused-ring (bicyclic) bond motifs is 1. The molecular weight excluding hydrogens is 336 g/mol. The highest BCUT2D eigenvalue weighted by Gasteiger charge is 2.16. The third-order valence-electron chi connectivity index (χ3n) is 3.71. The lowest BCUT2D eigenvalue weighted by Gasteiger charge is -2.08. The van der Waals surface area contributed by atoms with Crippen LogP contribution in [0.15, 0.2) is 54.6 Å². The summed E-state index contributed by atoms with van der Waals surface area (Å²) in [6.07, 6.45) is 0. The molecule has 26 heavy (non-hydrogen) atoms. The third-order valence-corrected chi connectivity index (χ3v) is 3.71. The summed E-state index contributed by atoms with van der Waals surface area (Å²) in [7, 11) is 0. The molecule has 130 valence electrons. The minimum atomic E-state index is -1.21. The Morgan fingerprint density at radius 2 is 1.69 bits per heavy atom. The molecule has 0 unspecified atom stereocenters. The maximum absolute atomic E-state index is 12.5. The number of nitrogens with zero attached hydrogens (tertiary/aromatic N) is 1. The van der Waals surface area contributed by atoms with E-state index in [4.69, 9.17) is 5.11 Å². The second-order valence-corrected chi connectivity index (χ2v) is 5.54. The topological polar surface area (TPSA) is 117 Å². The maximum Gasteiger partial charge on any atom is 0.322 e. The molecule has 0 aliphatic heterocycles. The number of benzene rings is 2. The van der Waals surface area contributed by atoms with Gasteiger partial charge in [0.25, 0.3) is 5.91 Å². The predicted molar refractivity (Wildman–Crippen MR) is 93.3 cm³/mol. The van der Waals surface area contributed by atoms with Crippen LogP contribution in [0.3, 0.4) is 0 Å². The van der Waals surface area contributed by atoms with Crippen LogP contribution >= 0.6 is 0 Å². The van der Waals surface area contributed by atoms with Gasteiger partial charge in [-0.25, -0.2) is 4.98 Å². The minimum absolute atomic E-state index is 0.171. The van der Waals surface area contributed by atoms with Crippen molar-refractivity contribution in [2.24, 2.45) is 0 Å². The molecule has 7 nitrogen and oxygen atoms in total. The van der Waals surface area contributed by atoms with Gasteiger partial charge in [-0.05, 0) is 24.3 Å². The van der Waals surface area contributed by atoms with Crippen molar-refractivity contribution < 1.29 is 24.6 Å². The van der Waals surface area contributed by atoms with Crippen LogP contribution in [0.4, 0.5) is 0 Å². The number of hydrogen-bond donors (Lipinski definition) is 3. The van der Waals surface area contributed by atoms with Gasteiger partial charge in [0.2, 0.25) is 0 Å². The van der Waals surface area contributed by atoms with Crippen LogP contribution in [0.5, 0.6) is 5.75 Å². The Morgan fingerprint density at radius 3 is 2.38 bits per heavy atom. The quantitative estimate of drug-likeness (QED) is 0.606. The second-order valence-electron chi connectivity index (χ2n) is 5.54. The van der Waals surface area contributed by atoms with E-state index in [0.717, 1.165) is 0 Å². The first-order valence-electron chi connectivity index (χ1n) is 7.69. The second kappa shape index (κ2) is 7.02. The lowest BCUT2D eigenvalue weighted by molar-refractivity contribution is -0.135. The van der Waals surface area contributed by atoms with Crippen LogP contribution in [-0.2, 0) is 4.79 Å². The largest absolute Gasteiger partial charge is 0.505 e. The molecule has 1 aromatic heterocycles. The molecule has 1 heterocycles. The van der Waals surface area contributed by atoms with Gasteiger partial charge in [0.15, 0.2) is 11.5 Å². The summed E-state index contributed by atoms with van der Waals surface area (Å²) < 4.78 is 0. The van der Waals surface area contributed by atoms with E-state index in [0.29, 0.717) is 22.0 Å². The zero-order valence-corrected chi connectivity index (χ0v) is 13.5. The maximum atomic E-state index is 12.5. The molecule has 0 atom stereocenters. The van der Waals surface area contributed by atoms with E-state index < -0.39 is 24.2 Å². The third kappa shape index (κ3) is 3.51. The number of carbonyl (C=O) groups is 3. The summed E-state index contributed by atoms with van der Waals surface area (Å²) in [5, 5.41) is 21.3. The fourth-order valence-electron chi connectivity index (χ4n) is 2.47. The fourth-order valence-corrected chi connectivity index (χ4v) is 2.47. The molecule has 7 heteroatoms. The number of carboxylic acids is 1. The van der Waals surface area contributed by atoms with Gasteiger partial charge < -0.3 is 15.5 Å². The minimum Gasteiger partial charge on any atom is -0.505 e. The van der Waals surface area contributed by atoms with Gasteiger partial charge in [0.1, 0.15) is 12.3 Å². The van der Waals surface area contributed by atoms with Crippen molar-refractivity contribution in [1.29, 1.82) is 0 Å². The van der Waals surface area contributed by atoms with Crippen molar-refractivity contribution in [1.82, 2.24) is 10.3 Å². The number of aromatic hydroxyl groups is 1. The number of carboxylic acid groups (broad SMARTS) is 1. The molecule has 0 saturated carbocycles. The summed E-state index contributed by atoms with van der Waals surface area (Å²) >= 11 is 0. The number of ketones is 1. The summed E-state index contributed by atoms with van der Waals surface area (Å²) in [6.45, 7) is -0.581. The van der Waals surface area contributed by atoms with Crippen LogP contribution in [-0.4, -0.2) is 39.4 Å². The predicted octanol–water partition coefficient (Wildman–Crippen LogP) is 1.99. The molecule has 3 N–H and O–H groups in total. The van der Waals surface area contributed by atoms with Gasteiger partial charge in [-0.15, -0.1) is 0 Å². The average molecular weight is 350 g/mol. The van der Waals surface area contributed by atoms with Gasteiger partial charge in [-0.1, -0.05) is 30.3 Å². The number of carbonyl (C=O) groups excluding carboxylic acids is 2. The first-order valence-corrected chi connectivity index (χ1v) is 7.69. The van der Waals surface area contributed by atoms with E-state index in [1.165, 1.54) is 6.07 Å². The van der Waals surface area contributed by atoms with Crippen LogP contribution in [0.2, 0.25) is 0 Å². The van der Waals surface area contributed by atoms with Gasteiger partial charge >= 0.3 is 5.97 Å². The fraction of sp³-hybridized carbons (Fsp3) is 0.0526. The molecule has 3 rings (SSSR count). The van der Waals surface area contributed by atoms with E-state index in [1.54, 1.807) is 42.5 Å². The van der Waals surface area contributed by atoms with Crippen molar-refractivity contribution in [3.63, 3.8) is 0 Å². The first kappa shape index (κ1) is 17.1. The Morgan fingerprint density at radius 1 is 0.962 bits per heavy atom. The molecular formula is C19H14N2O5. The number of rotatable bonds is 5. The van der Waals surface area contributed by atoms with E-state index in [1.807, 2.05) is 6.07 Å². The van der Waals surface area contributed by atoms with E-state index in [2.05, 4.69) is 10.3 Å².